The predicted octanol–water partition coefficient (Wildman–Crippen LogP) is 3.57. The second-order valence-electron chi connectivity index (χ2n) is 7.89. The van der Waals surface area contributed by atoms with Crippen molar-refractivity contribution in [3.05, 3.63) is 77.9 Å². The SMILES string of the molecule is CC(=O)c1ccc(N2CCN(C(=O)CN(Cc3ccco3)Cc3ccco3)CC2)c(F)c1. The van der Waals surface area contributed by atoms with Gasteiger partial charge < -0.3 is 18.6 Å². The number of benzene rings is 1. The molecule has 1 amide bonds. The van der Waals surface area contributed by atoms with E-state index in [-0.39, 0.29) is 18.2 Å². The molecule has 0 saturated carbocycles. The zero-order valence-electron chi connectivity index (χ0n) is 18.0. The third kappa shape index (κ3) is 5.26. The number of rotatable bonds is 8. The molecule has 0 spiro atoms. The van der Waals surface area contributed by atoms with Gasteiger partial charge in [-0.25, -0.2) is 4.39 Å². The highest BCUT2D eigenvalue weighted by Gasteiger charge is 2.25. The molecule has 0 bridgehead atoms. The summed E-state index contributed by atoms with van der Waals surface area (Å²) in [7, 11) is 0. The van der Waals surface area contributed by atoms with Crippen LogP contribution in [0.5, 0.6) is 0 Å². The average Bonchev–Trinajstić information content (AvgIpc) is 3.48. The molecule has 0 atom stereocenters. The van der Waals surface area contributed by atoms with E-state index in [1.807, 2.05) is 34.1 Å². The smallest absolute Gasteiger partial charge is 0.236 e. The highest BCUT2D eigenvalue weighted by molar-refractivity contribution is 5.94. The van der Waals surface area contributed by atoms with Gasteiger partial charge in [-0.2, -0.15) is 0 Å². The minimum absolute atomic E-state index is 0.00941. The first-order valence-electron chi connectivity index (χ1n) is 10.6. The number of ketones is 1. The Morgan fingerprint density at radius 1 is 0.969 bits per heavy atom. The monoisotopic (exact) mass is 439 g/mol. The number of hydrogen-bond donors (Lipinski definition) is 0. The van der Waals surface area contributed by atoms with E-state index in [0.717, 1.165) is 11.5 Å². The molecule has 168 valence electrons. The summed E-state index contributed by atoms with van der Waals surface area (Å²) in [5.74, 6) is 0.979. The van der Waals surface area contributed by atoms with Crippen molar-refractivity contribution >= 4 is 17.4 Å². The topological polar surface area (TPSA) is 70.1 Å². The summed E-state index contributed by atoms with van der Waals surface area (Å²) in [6.07, 6.45) is 3.23. The zero-order valence-corrected chi connectivity index (χ0v) is 18.0. The molecule has 0 N–H and O–H groups in total. The number of piperazine rings is 1. The van der Waals surface area contributed by atoms with Gasteiger partial charge in [0.2, 0.25) is 5.91 Å². The molecule has 0 unspecified atom stereocenters. The van der Waals surface area contributed by atoms with Crippen LogP contribution in [0.1, 0.15) is 28.8 Å². The largest absolute Gasteiger partial charge is 0.468 e. The van der Waals surface area contributed by atoms with E-state index in [0.29, 0.717) is 50.5 Å². The van der Waals surface area contributed by atoms with Crippen LogP contribution >= 0.6 is 0 Å². The van der Waals surface area contributed by atoms with Crippen molar-refractivity contribution in [3.63, 3.8) is 0 Å². The minimum atomic E-state index is -0.416. The lowest BCUT2D eigenvalue weighted by Crippen LogP contribution is -2.51. The van der Waals surface area contributed by atoms with Gasteiger partial charge in [-0.3, -0.25) is 14.5 Å². The van der Waals surface area contributed by atoms with Crippen LogP contribution in [-0.4, -0.2) is 54.2 Å². The lowest BCUT2D eigenvalue weighted by Gasteiger charge is -2.37. The Hall–Kier alpha value is -3.39. The second kappa shape index (κ2) is 9.82. The van der Waals surface area contributed by atoms with Crippen molar-refractivity contribution in [3.8, 4) is 0 Å². The van der Waals surface area contributed by atoms with Crippen molar-refractivity contribution in [2.75, 3.05) is 37.6 Å². The van der Waals surface area contributed by atoms with Gasteiger partial charge in [-0.1, -0.05) is 0 Å². The number of carbonyl (C=O) groups is 2. The van der Waals surface area contributed by atoms with Crippen molar-refractivity contribution in [2.24, 2.45) is 0 Å². The molecule has 1 aromatic carbocycles. The summed E-state index contributed by atoms with van der Waals surface area (Å²) in [6, 6.07) is 12.0. The van der Waals surface area contributed by atoms with Gasteiger partial charge in [0.1, 0.15) is 17.3 Å². The average molecular weight is 439 g/mol. The van der Waals surface area contributed by atoms with Crippen LogP contribution in [0.2, 0.25) is 0 Å². The summed E-state index contributed by atoms with van der Waals surface area (Å²) in [5.41, 5.74) is 0.813. The number of hydrogen-bond acceptors (Lipinski definition) is 6. The first kappa shape index (κ1) is 21.8. The fourth-order valence-corrected chi connectivity index (χ4v) is 3.88. The number of carbonyl (C=O) groups excluding carboxylic acids is 2. The molecule has 0 radical (unpaired) electrons. The summed E-state index contributed by atoms with van der Waals surface area (Å²) < 4.78 is 25.4. The third-order valence-corrected chi connectivity index (χ3v) is 5.61. The Labute approximate surface area is 186 Å². The van der Waals surface area contributed by atoms with Crippen molar-refractivity contribution in [1.82, 2.24) is 9.80 Å². The Morgan fingerprint density at radius 2 is 1.59 bits per heavy atom. The van der Waals surface area contributed by atoms with Gasteiger partial charge in [0.15, 0.2) is 5.78 Å². The van der Waals surface area contributed by atoms with Gasteiger partial charge in [0.25, 0.3) is 0 Å². The number of anilines is 1. The Balaban J connectivity index is 1.36. The van der Waals surface area contributed by atoms with E-state index in [4.69, 9.17) is 8.83 Å². The molecule has 1 saturated heterocycles. The maximum absolute atomic E-state index is 14.5. The summed E-state index contributed by atoms with van der Waals surface area (Å²) in [5, 5.41) is 0. The molecular formula is C24H26FN3O4. The van der Waals surface area contributed by atoms with E-state index in [9.17, 15) is 14.0 Å². The van der Waals surface area contributed by atoms with Crippen molar-refractivity contribution < 1.29 is 22.8 Å². The molecule has 0 aliphatic carbocycles. The number of Topliss-reactive ketones (excluding diaryl/α,β-unsaturated/α-hetero) is 1. The Bertz CT molecular complexity index is 1010. The first-order valence-corrected chi connectivity index (χ1v) is 10.6. The van der Waals surface area contributed by atoms with Gasteiger partial charge >= 0.3 is 0 Å². The van der Waals surface area contributed by atoms with Crippen LogP contribution in [0.15, 0.2) is 63.8 Å². The zero-order chi connectivity index (χ0) is 22.5. The van der Waals surface area contributed by atoms with Crippen LogP contribution in [0, 0.1) is 5.82 Å². The quantitative estimate of drug-likeness (QED) is 0.500. The van der Waals surface area contributed by atoms with E-state index in [2.05, 4.69) is 0 Å². The number of halogens is 1. The van der Waals surface area contributed by atoms with E-state index < -0.39 is 5.82 Å². The molecule has 3 aromatic rings. The van der Waals surface area contributed by atoms with Gasteiger partial charge in [0, 0.05) is 31.7 Å². The van der Waals surface area contributed by atoms with Crippen LogP contribution in [0.4, 0.5) is 10.1 Å². The predicted molar refractivity (Wildman–Crippen MR) is 117 cm³/mol. The van der Waals surface area contributed by atoms with Gasteiger partial charge in [-0.15, -0.1) is 0 Å². The molecule has 1 aliphatic rings. The maximum Gasteiger partial charge on any atom is 0.236 e. The highest BCUT2D eigenvalue weighted by Crippen LogP contribution is 2.22. The van der Waals surface area contributed by atoms with Crippen LogP contribution in [-0.2, 0) is 17.9 Å². The van der Waals surface area contributed by atoms with Crippen LogP contribution in [0.3, 0.4) is 0 Å². The summed E-state index contributed by atoms with van der Waals surface area (Å²) >= 11 is 0. The van der Waals surface area contributed by atoms with E-state index in [1.54, 1.807) is 29.6 Å². The lowest BCUT2D eigenvalue weighted by molar-refractivity contribution is -0.133. The van der Waals surface area contributed by atoms with Crippen molar-refractivity contribution in [1.29, 1.82) is 0 Å². The van der Waals surface area contributed by atoms with Gasteiger partial charge in [0.05, 0.1) is 37.8 Å². The molecule has 7 nitrogen and oxygen atoms in total. The first-order chi connectivity index (χ1) is 15.5. The normalized spacial score (nSPS) is 14.2. The molecule has 2 aromatic heterocycles. The second-order valence-corrected chi connectivity index (χ2v) is 7.89. The Morgan fingerprint density at radius 3 is 2.09 bits per heavy atom. The molecule has 32 heavy (non-hydrogen) atoms. The van der Waals surface area contributed by atoms with E-state index in [1.165, 1.54) is 13.0 Å². The van der Waals surface area contributed by atoms with Crippen LogP contribution < -0.4 is 4.90 Å². The highest BCUT2D eigenvalue weighted by atomic mass is 19.1. The number of amides is 1. The standard InChI is InChI=1S/C24H26FN3O4/c1-18(29)19-6-7-23(22(25)14-19)27-8-10-28(11-9-27)24(30)17-26(15-20-4-2-12-31-20)16-21-5-3-13-32-21/h2-7,12-14H,8-11,15-17H2,1H3. The summed E-state index contributed by atoms with van der Waals surface area (Å²) in [4.78, 5) is 30.1. The molecule has 4 rings (SSSR count). The molecule has 3 heterocycles. The van der Waals surface area contributed by atoms with Gasteiger partial charge in [-0.05, 0) is 49.4 Å². The molecule has 1 aliphatic heterocycles. The minimum Gasteiger partial charge on any atom is -0.468 e. The van der Waals surface area contributed by atoms with Crippen LogP contribution in [0.25, 0.3) is 0 Å². The third-order valence-electron chi connectivity index (χ3n) is 5.61. The molecular weight excluding hydrogens is 413 g/mol. The van der Waals surface area contributed by atoms with E-state index >= 15 is 0 Å². The molecule has 8 heteroatoms. The number of nitrogens with zero attached hydrogens (tertiary/aromatic N) is 3. The maximum atomic E-state index is 14.5. The molecule has 1 fully saturated rings. The van der Waals surface area contributed by atoms with Crippen molar-refractivity contribution in [2.45, 2.75) is 20.0 Å². The summed E-state index contributed by atoms with van der Waals surface area (Å²) in [6.45, 7) is 4.68. The fraction of sp³-hybridized carbons (Fsp3) is 0.333. The lowest BCUT2D eigenvalue weighted by atomic mass is 10.1. The number of furan rings is 2. The fourth-order valence-electron chi connectivity index (χ4n) is 3.88. The Kier molecular flexibility index (Phi) is 6.70.